The van der Waals surface area contributed by atoms with Crippen LogP contribution in [0.5, 0.6) is 5.75 Å². The maximum Gasteiger partial charge on any atom is 0.272 e. The predicted octanol–water partition coefficient (Wildman–Crippen LogP) is 4.81. The van der Waals surface area contributed by atoms with Crippen LogP contribution in [0.15, 0.2) is 90.6 Å². The Balaban J connectivity index is 1.59. The highest BCUT2D eigenvalue weighted by Gasteiger charge is 2.12. The third-order valence-corrected chi connectivity index (χ3v) is 4.48. The lowest BCUT2D eigenvalue weighted by Gasteiger charge is -2.12. The summed E-state index contributed by atoms with van der Waals surface area (Å²) in [5, 5.41) is 5.42. The van der Waals surface area contributed by atoms with E-state index in [-0.39, 0.29) is 11.6 Å². The van der Waals surface area contributed by atoms with Gasteiger partial charge in [0.15, 0.2) is 0 Å². The number of rotatable bonds is 9. The van der Waals surface area contributed by atoms with Crippen LogP contribution in [0.4, 0.5) is 5.69 Å². The van der Waals surface area contributed by atoms with Crippen LogP contribution in [0.2, 0.25) is 0 Å². The van der Waals surface area contributed by atoms with Gasteiger partial charge in [-0.25, -0.2) is 0 Å². The third kappa shape index (κ3) is 7.48. The van der Waals surface area contributed by atoms with Crippen LogP contribution in [-0.4, -0.2) is 18.4 Å². The zero-order chi connectivity index (χ0) is 21.9. The molecule has 0 aliphatic rings. The second kappa shape index (κ2) is 11.4. The lowest BCUT2D eigenvalue weighted by atomic mass is 10.1. The number of anilines is 1. The fourth-order valence-electron chi connectivity index (χ4n) is 3.04. The van der Waals surface area contributed by atoms with Gasteiger partial charge in [-0.2, -0.15) is 0 Å². The number of ether oxygens (including phenoxy) is 1. The summed E-state index contributed by atoms with van der Waals surface area (Å²) in [4.78, 5) is 24.3. The molecular weight excluding hydrogens is 388 g/mol. The second-order valence-electron chi connectivity index (χ2n) is 7.07. The number of benzene rings is 3. The molecule has 2 amide bonds. The largest absolute Gasteiger partial charge is 0.494 e. The van der Waals surface area contributed by atoms with Crippen molar-refractivity contribution in [3.8, 4) is 5.75 Å². The molecule has 0 atom stereocenters. The van der Waals surface area contributed by atoms with E-state index in [4.69, 9.17) is 4.74 Å². The van der Waals surface area contributed by atoms with E-state index in [0.29, 0.717) is 18.0 Å². The van der Waals surface area contributed by atoms with Crippen LogP contribution >= 0.6 is 0 Å². The van der Waals surface area contributed by atoms with Crippen molar-refractivity contribution in [1.82, 2.24) is 5.32 Å². The fraction of sp³-hybridized carbons (Fsp3) is 0.154. The van der Waals surface area contributed by atoms with Gasteiger partial charge in [0.2, 0.25) is 5.91 Å². The molecule has 0 saturated heterocycles. The maximum absolute atomic E-state index is 12.7. The molecule has 3 rings (SSSR count). The fourth-order valence-corrected chi connectivity index (χ4v) is 3.04. The van der Waals surface area contributed by atoms with Gasteiger partial charge in [-0.15, -0.1) is 0 Å². The van der Waals surface area contributed by atoms with Gasteiger partial charge in [0.25, 0.3) is 5.91 Å². The van der Waals surface area contributed by atoms with Crippen LogP contribution in [0, 0.1) is 0 Å². The normalized spacial score (nSPS) is 10.9. The summed E-state index contributed by atoms with van der Waals surface area (Å²) in [6.07, 6.45) is 3.48. The summed E-state index contributed by atoms with van der Waals surface area (Å²) in [7, 11) is 0. The molecule has 0 spiro atoms. The molecule has 2 N–H and O–H groups in total. The van der Waals surface area contributed by atoms with Crippen molar-refractivity contribution in [2.75, 3.05) is 11.9 Å². The monoisotopic (exact) mass is 414 g/mol. The van der Waals surface area contributed by atoms with Crippen molar-refractivity contribution in [2.45, 2.75) is 19.8 Å². The van der Waals surface area contributed by atoms with Gasteiger partial charge in [0, 0.05) is 18.7 Å². The molecular formula is C26H26N2O3. The predicted molar refractivity (Wildman–Crippen MR) is 124 cm³/mol. The second-order valence-corrected chi connectivity index (χ2v) is 7.07. The van der Waals surface area contributed by atoms with Crippen molar-refractivity contribution < 1.29 is 14.3 Å². The molecule has 5 heteroatoms. The smallest absolute Gasteiger partial charge is 0.272 e. The Hall–Kier alpha value is -3.86. The van der Waals surface area contributed by atoms with E-state index in [1.54, 1.807) is 18.2 Å². The minimum Gasteiger partial charge on any atom is -0.494 e. The van der Waals surface area contributed by atoms with Gasteiger partial charge in [0.1, 0.15) is 11.4 Å². The highest BCUT2D eigenvalue weighted by atomic mass is 16.5. The summed E-state index contributed by atoms with van der Waals surface area (Å²) >= 11 is 0. The van der Waals surface area contributed by atoms with E-state index in [2.05, 4.69) is 22.8 Å². The van der Waals surface area contributed by atoms with Gasteiger partial charge in [-0.05, 0) is 42.2 Å². The molecule has 158 valence electrons. The molecule has 0 radical (unpaired) electrons. The van der Waals surface area contributed by atoms with E-state index in [9.17, 15) is 9.59 Å². The van der Waals surface area contributed by atoms with Gasteiger partial charge in [0.05, 0.1) is 6.61 Å². The van der Waals surface area contributed by atoms with E-state index in [1.165, 1.54) is 12.5 Å². The van der Waals surface area contributed by atoms with Crippen molar-refractivity contribution in [3.63, 3.8) is 0 Å². The average molecular weight is 415 g/mol. The third-order valence-electron chi connectivity index (χ3n) is 4.48. The van der Waals surface area contributed by atoms with E-state index >= 15 is 0 Å². The Kier molecular flexibility index (Phi) is 8.00. The van der Waals surface area contributed by atoms with Crippen molar-refractivity contribution in [2.24, 2.45) is 0 Å². The summed E-state index contributed by atoms with van der Waals surface area (Å²) < 4.78 is 5.84. The standard InChI is InChI=1S/C26H26N2O3/c1-20(29)27-25(18-22-12-6-3-7-13-22)26(30)28-23-15-8-16-24(19-23)31-17-9-14-21-10-4-2-5-11-21/h2-8,10-13,15-16,18-19H,9,14,17H2,1H3,(H,27,29)(H,28,30)/b25-18-. The topological polar surface area (TPSA) is 67.4 Å². The number of carbonyl (C=O) groups is 2. The van der Waals surface area contributed by atoms with Crippen LogP contribution in [0.25, 0.3) is 6.08 Å². The quantitative estimate of drug-likeness (QED) is 0.390. The molecule has 5 nitrogen and oxygen atoms in total. The molecule has 31 heavy (non-hydrogen) atoms. The minimum absolute atomic E-state index is 0.174. The Labute approximate surface area is 182 Å². The van der Waals surface area contributed by atoms with E-state index in [0.717, 1.165) is 18.4 Å². The Morgan fingerprint density at radius 2 is 1.61 bits per heavy atom. The van der Waals surface area contributed by atoms with Gasteiger partial charge in [-0.1, -0.05) is 66.7 Å². The van der Waals surface area contributed by atoms with Crippen LogP contribution in [-0.2, 0) is 16.0 Å². The van der Waals surface area contributed by atoms with Crippen LogP contribution in [0.3, 0.4) is 0 Å². The molecule has 0 saturated carbocycles. The number of aryl methyl sites for hydroxylation is 1. The molecule has 0 heterocycles. The maximum atomic E-state index is 12.7. The Bertz CT molecular complexity index is 1030. The van der Waals surface area contributed by atoms with Crippen LogP contribution < -0.4 is 15.4 Å². The highest BCUT2D eigenvalue weighted by Crippen LogP contribution is 2.19. The first-order valence-electron chi connectivity index (χ1n) is 10.2. The number of hydrogen-bond donors (Lipinski definition) is 2. The zero-order valence-corrected chi connectivity index (χ0v) is 17.5. The zero-order valence-electron chi connectivity index (χ0n) is 17.5. The molecule has 0 unspecified atom stereocenters. The summed E-state index contributed by atoms with van der Waals surface area (Å²) in [5.74, 6) is -0.0351. The first-order valence-corrected chi connectivity index (χ1v) is 10.2. The number of hydrogen-bond acceptors (Lipinski definition) is 3. The Morgan fingerprint density at radius 1 is 0.903 bits per heavy atom. The van der Waals surface area contributed by atoms with Crippen molar-refractivity contribution >= 4 is 23.6 Å². The van der Waals surface area contributed by atoms with Crippen LogP contribution in [0.1, 0.15) is 24.5 Å². The number of carbonyl (C=O) groups excluding carboxylic acids is 2. The van der Waals surface area contributed by atoms with E-state index < -0.39 is 5.91 Å². The van der Waals surface area contributed by atoms with Crippen molar-refractivity contribution in [1.29, 1.82) is 0 Å². The van der Waals surface area contributed by atoms with Gasteiger partial charge < -0.3 is 15.4 Å². The number of nitrogens with one attached hydrogen (secondary N) is 2. The van der Waals surface area contributed by atoms with E-state index in [1.807, 2.05) is 60.7 Å². The molecule has 3 aromatic rings. The molecule has 0 aliphatic heterocycles. The lowest BCUT2D eigenvalue weighted by molar-refractivity contribution is -0.120. The first kappa shape index (κ1) is 21.8. The average Bonchev–Trinajstić information content (AvgIpc) is 2.78. The summed E-state index contributed by atoms with van der Waals surface area (Å²) in [5.41, 5.74) is 2.86. The molecule has 0 bridgehead atoms. The number of amides is 2. The molecule has 0 aromatic heterocycles. The first-order chi connectivity index (χ1) is 15.1. The lowest BCUT2D eigenvalue weighted by Crippen LogP contribution is -2.28. The Morgan fingerprint density at radius 3 is 2.32 bits per heavy atom. The van der Waals surface area contributed by atoms with Crippen molar-refractivity contribution in [3.05, 3.63) is 102 Å². The molecule has 0 fully saturated rings. The minimum atomic E-state index is -0.403. The molecule has 0 aliphatic carbocycles. The molecule has 3 aromatic carbocycles. The SMILES string of the molecule is CC(=O)N/C(=C\c1ccccc1)C(=O)Nc1cccc(OCCCc2ccccc2)c1. The van der Waals surface area contributed by atoms with Gasteiger partial charge >= 0.3 is 0 Å². The summed E-state index contributed by atoms with van der Waals surface area (Å²) in [6, 6.07) is 26.8. The highest BCUT2D eigenvalue weighted by molar-refractivity contribution is 6.08. The summed E-state index contributed by atoms with van der Waals surface area (Å²) in [6.45, 7) is 1.95. The van der Waals surface area contributed by atoms with Gasteiger partial charge in [-0.3, -0.25) is 9.59 Å².